The van der Waals surface area contributed by atoms with E-state index in [1.807, 2.05) is 39.8 Å². The van der Waals surface area contributed by atoms with Crippen LogP contribution in [-0.4, -0.2) is 17.1 Å². The first-order chi connectivity index (χ1) is 11.4. The summed E-state index contributed by atoms with van der Waals surface area (Å²) in [5, 5.41) is 1.62. The number of hydroxylamine groups is 2. The van der Waals surface area contributed by atoms with Crippen molar-refractivity contribution in [1.29, 1.82) is 0 Å². The van der Waals surface area contributed by atoms with Gasteiger partial charge in [-0.2, -0.15) is 9.69 Å². The first-order valence-corrected chi connectivity index (χ1v) is 9.43. The van der Waals surface area contributed by atoms with Crippen LogP contribution < -0.4 is 9.05 Å². The van der Waals surface area contributed by atoms with E-state index in [9.17, 15) is 4.57 Å². The summed E-state index contributed by atoms with van der Waals surface area (Å²) < 4.78 is 30.2. The number of nitrogens with zero attached hydrogens (tertiary/aromatic N) is 1. The Balaban J connectivity index is 2.27. The van der Waals surface area contributed by atoms with Crippen molar-refractivity contribution in [2.75, 3.05) is 0 Å². The number of hydrogen-bond acceptors (Lipinski definition) is 5. The molecule has 2 rings (SSSR count). The van der Waals surface area contributed by atoms with Crippen molar-refractivity contribution in [3.63, 3.8) is 0 Å². The molecule has 0 aromatic heterocycles. The molecule has 24 heavy (non-hydrogen) atoms. The van der Waals surface area contributed by atoms with Gasteiger partial charge in [0.05, 0.1) is 0 Å². The van der Waals surface area contributed by atoms with Crippen LogP contribution >= 0.6 is 7.82 Å². The van der Waals surface area contributed by atoms with E-state index in [1.54, 1.807) is 53.6 Å². The Bertz CT molecular complexity index is 608. The lowest BCUT2D eigenvalue weighted by molar-refractivity contribution is -0.125. The van der Waals surface area contributed by atoms with Gasteiger partial charge < -0.3 is 9.05 Å². The third-order valence-corrected chi connectivity index (χ3v) is 4.39. The van der Waals surface area contributed by atoms with Crippen LogP contribution in [-0.2, 0) is 9.19 Å². The molecule has 0 unspecified atom stereocenters. The van der Waals surface area contributed by atoms with E-state index >= 15 is 0 Å². The average molecular weight is 349 g/mol. The van der Waals surface area contributed by atoms with Crippen LogP contribution in [0, 0.1) is 0 Å². The summed E-state index contributed by atoms with van der Waals surface area (Å²) >= 11 is 0. The van der Waals surface area contributed by atoms with Crippen molar-refractivity contribution in [2.45, 2.75) is 39.8 Å². The normalized spacial score (nSPS) is 12.0. The number of phosphoric acid groups is 1. The van der Waals surface area contributed by atoms with Crippen molar-refractivity contribution < 1.29 is 18.2 Å². The monoisotopic (exact) mass is 349 g/mol. The molecule has 0 saturated carbocycles. The zero-order chi connectivity index (χ0) is 17.6. The maximum Gasteiger partial charge on any atom is 0.605 e. The van der Waals surface area contributed by atoms with Gasteiger partial charge in [0.1, 0.15) is 11.5 Å². The molecule has 0 saturated heterocycles. The van der Waals surface area contributed by atoms with Gasteiger partial charge in [-0.15, -0.1) is 0 Å². The average Bonchev–Trinajstić information content (AvgIpc) is 2.54. The first-order valence-electron chi connectivity index (χ1n) is 7.97. The molecular formula is C18H24NO4P. The van der Waals surface area contributed by atoms with Crippen LogP contribution in [0.2, 0.25) is 0 Å². The molecule has 130 valence electrons. The van der Waals surface area contributed by atoms with Crippen molar-refractivity contribution in [3.8, 4) is 11.5 Å². The van der Waals surface area contributed by atoms with Gasteiger partial charge in [-0.25, -0.2) is 4.57 Å². The molecule has 2 aromatic carbocycles. The van der Waals surface area contributed by atoms with Crippen LogP contribution in [0.5, 0.6) is 11.5 Å². The second-order valence-electron chi connectivity index (χ2n) is 5.88. The van der Waals surface area contributed by atoms with Gasteiger partial charge in [0, 0.05) is 12.1 Å². The van der Waals surface area contributed by atoms with Crippen LogP contribution in [0.25, 0.3) is 0 Å². The van der Waals surface area contributed by atoms with Crippen LogP contribution in [0.15, 0.2) is 60.7 Å². The highest BCUT2D eigenvalue weighted by Crippen LogP contribution is 2.50. The second-order valence-corrected chi connectivity index (χ2v) is 7.31. The van der Waals surface area contributed by atoms with Gasteiger partial charge in [0.25, 0.3) is 0 Å². The Morgan fingerprint density at radius 1 is 0.750 bits per heavy atom. The second kappa shape index (κ2) is 8.34. The van der Waals surface area contributed by atoms with Gasteiger partial charge in [0.2, 0.25) is 0 Å². The number of phosphoric ester groups is 1. The number of benzene rings is 2. The third-order valence-electron chi connectivity index (χ3n) is 3.13. The molecule has 0 bridgehead atoms. The van der Waals surface area contributed by atoms with E-state index in [2.05, 4.69) is 0 Å². The molecule has 5 nitrogen and oxygen atoms in total. The van der Waals surface area contributed by atoms with Crippen molar-refractivity contribution in [2.24, 2.45) is 0 Å². The van der Waals surface area contributed by atoms with Crippen molar-refractivity contribution in [1.82, 2.24) is 5.06 Å². The largest absolute Gasteiger partial charge is 0.605 e. The highest BCUT2D eigenvalue weighted by molar-refractivity contribution is 7.49. The minimum absolute atomic E-state index is 0.0112. The quantitative estimate of drug-likeness (QED) is 0.478. The molecule has 2 aromatic rings. The maximum absolute atomic E-state index is 13.3. The molecule has 6 heteroatoms. The Morgan fingerprint density at radius 3 is 1.46 bits per heavy atom. The topological polar surface area (TPSA) is 48.0 Å². The van der Waals surface area contributed by atoms with Gasteiger partial charge >= 0.3 is 7.82 Å². The fourth-order valence-electron chi connectivity index (χ4n) is 2.17. The number of para-hydroxylation sites is 2. The minimum atomic E-state index is -3.90. The summed E-state index contributed by atoms with van der Waals surface area (Å²) in [6, 6.07) is 17.7. The van der Waals surface area contributed by atoms with Crippen LogP contribution in [0.4, 0.5) is 0 Å². The SMILES string of the molecule is CC(C)N(OP(=O)(Oc1ccccc1)Oc1ccccc1)C(C)C. The number of hydrogen-bond donors (Lipinski definition) is 0. The van der Waals surface area contributed by atoms with Gasteiger partial charge in [0.15, 0.2) is 0 Å². The molecule has 0 fully saturated rings. The van der Waals surface area contributed by atoms with E-state index in [1.165, 1.54) is 0 Å². The summed E-state index contributed by atoms with van der Waals surface area (Å²) in [6.07, 6.45) is 0. The standard InChI is InChI=1S/C18H24NO4P/c1-15(2)19(16(3)4)23-24(20,21-17-11-7-5-8-12-17)22-18-13-9-6-10-14-18/h5-16H,1-4H3. The predicted octanol–water partition coefficient (Wildman–Crippen LogP) is 5.30. The highest BCUT2D eigenvalue weighted by Gasteiger charge is 2.36. The zero-order valence-corrected chi connectivity index (χ0v) is 15.4. The van der Waals surface area contributed by atoms with Crippen LogP contribution in [0.1, 0.15) is 27.7 Å². The molecule has 0 atom stereocenters. The van der Waals surface area contributed by atoms with Gasteiger partial charge in [-0.05, 0) is 52.0 Å². The summed E-state index contributed by atoms with van der Waals surface area (Å²) in [4.78, 5) is 0. The Hall–Kier alpha value is -1.81. The van der Waals surface area contributed by atoms with Crippen molar-refractivity contribution >= 4 is 7.82 Å². The first kappa shape index (κ1) is 18.5. The molecule has 0 radical (unpaired) electrons. The molecule has 0 aliphatic heterocycles. The van der Waals surface area contributed by atoms with Crippen LogP contribution in [0.3, 0.4) is 0 Å². The molecule has 0 N–H and O–H groups in total. The molecular weight excluding hydrogens is 325 g/mol. The minimum Gasteiger partial charge on any atom is -0.394 e. The van der Waals surface area contributed by atoms with Gasteiger partial charge in [-0.3, -0.25) is 0 Å². The summed E-state index contributed by atoms with van der Waals surface area (Å²) in [5.74, 6) is 0.841. The summed E-state index contributed by atoms with van der Waals surface area (Å²) in [7, 11) is -3.90. The smallest absolute Gasteiger partial charge is 0.394 e. The van der Waals surface area contributed by atoms with E-state index in [4.69, 9.17) is 13.7 Å². The molecule has 0 spiro atoms. The summed E-state index contributed by atoms with van der Waals surface area (Å²) in [5.41, 5.74) is 0. The lowest BCUT2D eigenvalue weighted by atomic mass is 10.3. The lowest BCUT2D eigenvalue weighted by Gasteiger charge is -2.31. The fourth-order valence-corrected chi connectivity index (χ4v) is 3.65. The molecule has 0 aliphatic carbocycles. The van der Waals surface area contributed by atoms with E-state index in [0.717, 1.165) is 0 Å². The predicted molar refractivity (Wildman–Crippen MR) is 94.9 cm³/mol. The van der Waals surface area contributed by atoms with E-state index in [-0.39, 0.29) is 12.1 Å². The van der Waals surface area contributed by atoms with E-state index < -0.39 is 7.82 Å². The molecule has 0 heterocycles. The highest BCUT2D eigenvalue weighted by atomic mass is 31.2. The van der Waals surface area contributed by atoms with Gasteiger partial charge in [-0.1, -0.05) is 36.4 Å². The third kappa shape index (κ3) is 5.38. The molecule has 0 amide bonds. The Morgan fingerprint density at radius 2 is 1.12 bits per heavy atom. The summed E-state index contributed by atoms with van der Waals surface area (Å²) in [6.45, 7) is 7.81. The van der Waals surface area contributed by atoms with E-state index in [0.29, 0.717) is 11.5 Å². The molecule has 0 aliphatic rings. The Labute approximate surface area is 143 Å². The zero-order valence-electron chi connectivity index (χ0n) is 14.5. The van der Waals surface area contributed by atoms with Crippen molar-refractivity contribution in [3.05, 3.63) is 60.7 Å². The fraction of sp³-hybridized carbons (Fsp3) is 0.333. The Kier molecular flexibility index (Phi) is 6.44. The number of rotatable bonds is 8. The maximum atomic E-state index is 13.3. The lowest BCUT2D eigenvalue weighted by Crippen LogP contribution is -2.37.